The Hall–Kier alpha value is -2.03. The number of hydrogen-bond donors (Lipinski definition) is 3. The minimum absolute atomic E-state index is 0.0971. The summed E-state index contributed by atoms with van der Waals surface area (Å²) in [6.07, 6.45) is -1.17. The molecule has 9 nitrogen and oxygen atoms in total. The van der Waals surface area contributed by atoms with E-state index >= 15 is 0 Å². The monoisotopic (exact) mass is 347 g/mol. The van der Waals surface area contributed by atoms with Gasteiger partial charge in [-0.25, -0.2) is 20.0 Å². The fourth-order valence-corrected chi connectivity index (χ4v) is 1.44. The average Bonchev–Trinajstić information content (AvgIpc) is 2.37. The fraction of sp³-hybridized carbons (Fsp3) is 0.800. The topological polar surface area (TPSA) is 117 Å². The third-order valence-corrected chi connectivity index (χ3v) is 2.26. The van der Waals surface area contributed by atoms with Gasteiger partial charge in [0.25, 0.3) is 0 Å². The van der Waals surface area contributed by atoms with E-state index in [-0.39, 0.29) is 13.1 Å². The van der Waals surface area contributed by atoms with Gasteiger partial charge in [-0.1, -0.05) is 0 Å². The zero-order chi connectivity index (χ0) is 19.0. The molecule has 140 valence electrons. The molecule has 0 bridgehead atoms. The summed E-state index contributed by atoms with van der Waals surface area (Å²) in [5.74, 6) is -0.515. The molecular formula is C15H29N3O6. The number of hydrogen-bond acceptors (Lipinski definition) is 6. The van der Waals surface area contributed by atoms with Gasteiger partial charge in [-0.15, -0.1) is 0 Å². The number of ether oxygens (including phenoxy) is 2. The molecule has 0 unspecified atom stereocenters. The van der Waals surface area contributed by atoms with Gasteiger partial charge in [0.05, 0.1) is 0 Å². The highest BCUT2D eigenvalue weighted by Gasteiger charge is 2.25. The molecule has 0 radical (unpaired) electrons. The molecule has 0 aromatic rings. The summed E-state index contributed by atoms with van der Waals surface area (Å²) in [5.41, 5.74) is 0.898. The highest BCUT2D eigenvalue weighted by Crippen LogP contribution is 2.10. The van der Waals surface area contributed by atoms with Crippen molar-refractivity contribution in [2.45, 2.75) is 59.2 Å². The van der Waals surface area contributed by atoms with Crippen LogP contribution in [0.25, 0.3) is 0 Å². The van der Waals surface area contributed by atoms with Crippen molar-refractivity contribution in [3.63, 3.8) is 0 Å². The predicted octanol–water partition coefficient (Wildman–Crippen LogP) is 1.16. The number of aliphatic hydroxyl groups is 1. The highest BCUT2D eigenvalue weighted by molar-refractivity contribution is 5.76. The Bertz CT molecular complexity index is 439. The molecule has 3 amide bonds. The maximum Gasteiger partial charge on any atom is 0.429 e. The molecule has 0 aliphatic carbocycles. The third-order valence-electron chi connectivity index (χ3n) is 2.26. The van der Waals surface area contributed by atoms with Crippen LogP contribution in [0.5, 0.6) is 0 Å². The van der Waals surface area contributed by atoms with E-state index < -0.39 is 35.9 Å². The maximum atomic E-state index is 12.2. The smallest absolute Gasteiger partial charge is 0.429 e. The fourth-order valence-electron chi connectivity index (χ4n) is 1.44. The predicted molar refractivity (Wildman–Crippen MR) is 87.0 cm³/mol. The summed E-state index contributed by atoms with van der Waals surface area (Å²) in [6.45, 7) is 9.95. The number of nitrogens with zero attached hydrogens (tertiary/aromatic N) is 1. The lowest BCUT2D eigenvalue weighted by Gasteiger charge is -2.28. The number of rotatable bonds is 5. The van der Waals surface area contributed by atoms with Crippen molar-refractivity contribution in [1.29, 1.82) is 0 Å². The average molecular weight is 347 g/mol. The second-order valence-corrected chi connectivity index (χ2v) is 7.11. The zero-order valence-corrected chi connectivity index (χ0v) is 15.3. The Morgan fingerprint density at radius 2 is 1.54 bits per heavy atom. The molecule has 0 aliphatic rings. The highest BCUT2D eigenvalue weighted by atomic mass is 16.6. The molecule has 0 atom stereocenters. The first-order valence-corrected chi connectivity index (χ1v) is 7.72. The van der Waals surface area contributed by atoms with E-state index in [0.717, 1.165) is 5.01 Å². The van der Waals surface area contributed by atoms with Crippen LogP contribution in [0.15, 0.2) is 0 Å². The second kappa shape index (κ2) is 9.31. The van der Waals surface area contributed by atoms with Crippen LogP contribution < -0.4 is 10.7 Å². The molecule has 0 aromatic heterocycles. The molecule has 0 spiro atoms. The Morgan fingerprint density at radius 3 is 2.00 bits per heavy atom. The normalized spacial score (nSPS) is 11.5. The summed E-state index contributed by atoms with van der Waals surface area (Å²) < 4.78 is 10.3. The van der Waals surface area contributed by atoms with Crippen LogP contribution >= 0.6 is 0 Å². The first kappa shape index (κ1) is 22.0. The lowest BCUT2D eigenvalue weighted by molar-refractivity contribution is -0.123. The lowest BCUT2D eigenvalue weighted by atomic mass is 10.2. The molecule has 0 fully saturated rings. The molecule has 3 N–H and O–H groups in total. The van der Waals surface area contributed by atoms with Crippen molar-refractivity contribution in [3.05, 3.63) is 0 Å². The number of hydrazine groups is 1. The molecule has 0 rings (SSSR count). The summed E-state index contributed by atoms with van der Waals surface area (Å²) in [4.78, 5) is 34.9. The minimum atomic E-state index is -0.784. The Kier molecular flexibility index (Phi) is 8.52. The SMILES string of the molecule is CC(C)(C)OC(=O)NN(CCCNC(=O)CO)C(=O)OC(C)(C)C. The molecular weight excluding hydrogens is 318 g/mol. The van der Waals surface area contributed by atoms with E-state index in [4.69, 9.17) is 14.6 Å². The van der Waals surface area contributed by atoms with Gasteiger partial charge in [-0.05, 0) is 48.0 Å². The molecule has 0 heterocycles. The Balaban J connectivity index is 4.68. The van der Waals surface area contributed by atoms with Gasteiger partial charge in [-0.2, -0.15) is 0 Å². The number of aliphatic hydroxyl groups excluding tert-OH is 1. The van der Waals surface area contributed by atoms with Crippen molar-refractivity contribution in [1.82, 2.24) is 15.8 Å². The molecule has 24 heavy (non-hydrogen) atoms. The molecule has 0 aliphatic heterocycles. The number of amides is 3. The minimum Gasteiger partial charge on any atom is -0.443 e. The van der Waals surface area contributed by atoms with Crippen molar-refractivity contribution in [3.8, 4) is 0 Å². The van der Waals surface area contributed by atoms with Crippen molar-refractivity contribution in [2.75, 3.05) is 19.7 Å². The van der Waals surface area contributed by atoms with Crippen molar-refractivity contribution < 1.29 is 29.0 Å². The third kappa shape index (κ3) is 11.5. The molecule has 0 aromatic carbocycles. The zero-order valence-electron chi connectivity index (χ0n) is 15.3. The van der Waals surface area contributed by atoms with Crippen LogP contribution in [0.1, 0.15) is 48.0 Å². The number of carbonyl (C=O) groups is 3. The van der Waals surface area contributed by atoms with Crippen LogP contribution in [0.4, 0.5) is 9.59 Å². The van der Waals surface area contributed by atoms with E-state index in [1.54, 1.807) is 41.5 Å². The maximum absolute atomic E-state index is 12.2. The van der Waals surface area contributed by atoms with Gasteiger partial charge < -0.3 is 19.9 Å². The summed E-state index contributed by atoms with van der Waals surface area (Å²) in [6, 6.07) is 0. The number of carbonyl (C=O) groups excluding carboxylic acids is 3. The number of nitrogens with one attached hydrogen (secondary N) is 2. The van der Waals surface area contributed by atoms with Gasteiger partial charge in [0.15, 0.2) is 0 Å². The van der Waals surface area contributed by atoms with Gasteiger partial charge >= 0.3 is 12.2 Å². The van der Waals surface area contributed by atoms with E-state index in [2.05, 4.69) is 10.7 Å². The standard InChI is InChI=1S/C15H29N3O6/c1-14(2,3)23-12(21)17-18(13(22)24-15(4,5)6)9-7-8-16-11(20)10-19/h19H,7-10H2,1-6H3,(H,16,20)(H,17,21). The first-order chi connectivity index (χ1) is 10.8. The van der Waals surface area contributed by atoms with Crippen LogP contribution in [-0.2, 0) is 14.3 Å². The molecule has 9 heteroatoms. The summed E-state index contributed by atoms with van der Waals surface area (Å²) >= 11 is 0. The molecule has 0 saturated carbocycles. The van der Waals surface area contributed by atoms with Gasteiger partial charge in [0.1, 0.15) is 17.8 Å². The van der Waals surface area contributed by atoms with Gasteiger partial charge in [-0.3, -0.25) is 4.79 Å². The van der Waals surface area contributed by atoms with Crippen LogP contribution in [0, 0.1) is 0 Å². The second-order valence-electron chi connectivity index (χ2n) is 7.11. The Labute approximate surface area is 142 Å². The van der Waals surface area contributed by atoms with Crippen molar-refractivity contribution in [2.24, 2.45) is 0 Å². The lowest BCUT2D eigenvalue weighted by Crippen LogP contribution is -2.50. The summed E-state index contributed by atoms with van der Waals surface area (Å²) in [7, 11) is 0. The summed E-state index contributed by atoms with van der Waals surface area (Å²) in [5, 5.41) is 12.1. The van der Waals surface area contributed by atoms with Crippen molar-refractivity contribution >= 4 is 18.1 Å². The van der Waals surface area contributed by atoms with Crippen LogP contribution in [0.2, 0.25) is 0 Å². The van der Waals surface area contributed by atoms with Crippen LogP contribution in [-0.4, -0.2) is 59.1 Å². The first-order valence-electron chi connectivity index (χ1n) is 7.72. The van der Waals surface area contributed by atoms with E-state index in [1.807, 2.05) is 0 Å². The van der Waals surface area contributed by atoms with E-state index in [1.165, 1.54) is 0 Å². The van der Waals surface area contributed by atoms with Gasteiger partial charge in [0.2, 0.25) is 5.91 Å². The van der Waals surface area contributed by atoms with Gasteiger partial charge in [0, 0.05) is 13.1 Å². The molecule has 0 saturated heterocycles. The van der Waals surface area contributed by atoms with E-state index in [9.17, 15) is 14.4 Å². The Morgan fingerprint density at radius 1 is 1.00 bits per heavy atom. The van der Waals surface area contributed by atoms with Crippen LogP contribution in [0.3, 0.4) is 0 Å². The largest absolute Gasteiger partial charge is 0.443 e. The quantitative estimate of drug-likeness (QED) is 0.507. The van der Waals surface area contributed by atoms with E-state index in [0.29, 0.717) is 6.42 Å².